The van der Waals surface area contributed by atoms with Gasteiger partial charge in [-0.1, -0.05) is 11.6 Å². The fraction of sp³-hybridized carbons (Fsp3) is 0. The maximum Gasteiger partial charge on any atom is 0.296 e. The molecule has 23 heteroatoms. The summed E-state index contributed by atoms with van der Waals surface area (Å²) in [7, 11) is -17.6. The fourth-order valence-corrected chi connectivity index (χ4v) is 4.85. The number of benzene rings is 3. The average Bonchev–Trinajstić information content (AvgIpc) is 2.79. The molecular weight excluding hydrogens is 660 g/mol. The molecule has 0 aromatic heterocycles. The molecule has 0 aliphatic carbocycles. The standard InChI is InChI=1S/C6H6ClNO3S.C6H6N2O5S.C6H7NO6S2/c7-5-2-1-4(3-6(5)8)12(9,10)11;7-5-2-1-4(8(9)10)3-6(5)14(11,12)13;7-5-3-4(14(8,9)10)1-2-6(5)15(11,12)13/h1-3H,8H2,(H,9,10,11);1-3H,7H2,(H,11,12,13);1-3H,7H2,(H,8,9,10)(H,11,12,13). The van der Waals surface area contributed by atoms with Crippen LogP contribution in [0.2, 0.25) is 5.02 Å². The van der Waals surface area contributed by atoms with Crippen molar-refractivity contribution >= 4 is 74.8 Å². The zero-order valence-electron chi connectivity index (χ0n) is 19.8. The Labute approximate surface area is 237 Å². The van der Waals surface area contributed by atoms with Crippen LogP contribution in [0.1, 0.15) is 0 Å². The number of nitro groups is 1. The first kappa shape index (κ1) is 35.4. The Bertz CT molecular complexity index is 1910. The van der Waals surface area contributed by atoms with Crippen LogP contribution in [0.4, 0.5) is 22.7 Å². The molecule has 3 aromatic rings. The summed E-state index contributed by atoms with van der Waals surface area (Å²) >= 11 is 5.53. The van der Waals surface area contributed by atoms with Gasteiger partial charge in [-0.2, -0.15) is 33.7 Å². The molecule has 0 heterocycles. The Morgan fingerprint density at radius 1 is 0.585 bits per heavy atom. The molecule has 226 valence electrons. The number of nitrogens with zero attached hydrogens (tertiary/aromatic N) is 1. The Balaban J connectivity index is 0.000000309. The Morgan fingerprint density at radius 2 is 1.02 bits per heavy atom. The molecule has 0 bridgehead atoms. The summed E-state index contributed by atoms with van der Waals surface area (Å²) in [5, 5.41) is 10.5. The zero-order valence-corrected chi connectivity index (χ0v) is 23.8. The van der Waals surface area contributed by atoms with Gasteiger partial charge in [-0.25, -0.2) is 0 Å². The molecule has 0 aliphatic rings. The predicted molar refractivity (Wildman–Crippen MR) is 143 cm³/mol. The van der Waals surface area contributed by atoms with Gasteiger partial charge in [0.1, 0.15) is 9.79 Å². The van der Waals surface area contributed by atoms with Crippen molar-refractivity contribution in [2.45, 2.75) is 19.6 Å². The molecule has 0 atom stereocenters. The van der Waals surface area contributed by atoms with E-state index in [4.69, 9.17) is 47.0 Å². The Kier molecular flexibility index (Phi) is 11.2. The van der Waals surface area contributed by atoms with E-state index >= 15 is 0 Å². The lowest BCUT2D eigenvalue weighted by Crippen LogP contribution is -2.05. The number of nitro benzene ring substituents is 1. The first-order chi connectivity index (χ1) is 18.4. The van der Waals surface area contributed by atoms with Gasteiger partial charge in [0.2, 0.25) is 0 Å². The van der Waals surface area contributed by atoms with Crippen molar-refractivity contribution in [3.8, 4) is 0 Å². The molecule has 0 spiro atoms. The molecule has 0 unspecified atom stereocenters. The topological polar surface area (TPSA) is 339 Å². The SMILES string of the molecule is Nc1cc(S(=O)(=O)O)ccc1Cl.Nc1cc(S(=O)(=O)O)ccc1S(=O)(=O)O.Nc1ccc([N+](=O)[O-])cc1S(=O)(=O)O. The first-order valence-electron chi connectivity index (χ1n) is 9.74. The third-order valence-electron chi connectivity index (χ3n) is 4.31. The highest BCUT2D eigenvalue weighted by atomic mass is 35.5. The van der Waals surface area contributed by atoms with Gasteiger partial charge >= 0.3 is 0 Å². The second-order valence-electron chi connectivity index (χ2n) is 7.26. The minimum Gasteiger partial charge on any atom is -0.398 e. The van der Waals surface area contributed by atoms with Crippen molar-refractivity contribution in [2.75, 3.05) is 17.2 Å². The molecular formula is C18H19ClN4O14S4. The number of nitrogen functional groups attached to an aromatic ring is 3. The Morgan fingerprint density at radius 3 is 1.39 bits per heavy atom. The molecule has 0 saturated carbocycles. The summed E-state index contributed by atoms with van der Waals surface area (Å²) in [5.41, 5.74) is 14.7. The molecule has 3 aromatic carbocycles. The highest BCUT2D eigenvalue weighted by molar-refractivity contribution is 7.86. The largest absolute Gasteiger partial charge is 0.398 e. The van der Waals surface area contributed by atoms with Crippen LogP contribution in [0.25, 0.3) is 0 Å². The number of halogens is 1. The maximum atomic E-state index is 10.7. The molecule has 18 nitrogen and oxygen atoms in total. The number of nitrogens with two attached hydrogens (primary N) is 3. The van der Waals surface area contributed by atoms with Gasteiger partial charge in [-0.15, -0.1) is 0 Å². The summed E-state index contributed by atoms with van der Waals surface area (Å²) in [5.74, 6) is 0. The molecule has 0 amide bonds. The lowest BCUT2D eigenvalue weighted by Gasteiger charge is -2.03. The first-order valence-corrected chi connectivity index (χ1v) is 15.9. The van der Waals surface area contributed by atoms with E-state index in [9.17, 15) is 43.8 Å². The van der Waals surface area contributed by atoms with Gasteiger partial charge in [0.05, 0.1) is 36.8 Å². The molecule has 10 N–H and O–H groups in total. The lowest BCUT2D eigenvalue weighted by atomic mass is 10.3. The van der Waals surface area contributed by atoms with Crippen LogP contribution in [0, 0.1) is 10.1 Å². The molecule has 3 rings (SSSR count). The quantitative estimate of drug-likeness (QED) is 0.0866. The van der Waals surface area contributed by atoms with Crippen LogP contribution >= 0.6 is 11.6 Å². The van der Waals surface area contributed by atoms with Crippen LogP contribution in [0.3, 0.4) is 0 Å². The summed E-state index contributed by atoms with van der Waals surface area (Å²) < 4.78 is 120. The number of anilines is 3. The van der Waals surface area contributed by atoms with Crippen molar-refractivity contribution in [1.82, 2.24) is 0 Å². The normalized spacial score (nSPS) is 11.8. The minimum absolute atomic E-state index is 0.117. The van der Waals surface area contributed by atoms with Crippen molar-refractivity contribution in [2.24, 2.45) is 0 Å². The van der Waals surface area contributed by atoms with Gasteiger partial charge in [0.25, 0.3) is 46.2 Å². The fourth-order valence-electron chi connectivity index (χ4n) is 2.46. The van der Waals surface area contributed by atoms with Crippen LogP contribution in [0.15, 0.2) is 74.2 Å². The Hall–Kier alpha value is -3.61. The summed E-state index contributed by atoms with van der Waals surface area (Å²) in [6, 6.07) is 8.70. The third kappa shape index (κ3) is 10.7. The van der Waals surface area contributed by atoms with Gasteiger partial charge in [0, 0.05) is 12.1 Å². The van der Waals surface area contributed by atoms with Crippen LogP contribution in [-0.4, -0.2) is 56.8 Å². The number of hydrogen-bond donors (Lipinski definition) is 7. The van der Waals surface area contributed by atoms with Gasteiger partial charge in [0.15, 0.2) is 0 Å². The smallest absolute Gasteiger partial charge is 0.296 e. The van der Waals surface area contributed by atoms with Gasteiger partial charge in [-0.05, 0) is 42.5 Å². The van der Waals surface area contributed by atoms with Crippen LogP contribution < -0.4 is 17.2 Å². The van der Waals surface area contributed by atoms with E-state index in [2.05, 4.69) is 0 Å². The van der Waals surface area contributed by atoms with E-state index < -0.39 is 71.5 Å². The average molecular weight is 679 g/mol. The minimum atomic E-state index is -4.52. The number of hydrogen-bond acceptors (Lipinski definition) is 13. The number of non-ortho nitro benzene ring substituents is 1. The van der Waals surface area contributed by atoms with Crippen LogP contribution in [-0.2, 0) is 40.5 Å². The second-order valence-corrected chi connectivity index (χ2v) is 13.3. The second kappa shape index (κ2) is 12.9. The van der Waals surface area contributed by atoms with E-state index in [0.29, 0.717) is 6.07 Å². The van der Waals surface area contributed by atoms with Crippen molar-refractivity contribution in [3.63, 3.8) is 0 Å². The van der Waals surface area contributed by atoms with E-state index in [0.717, 1.165) is 36.4 Å². The van der Waals surface area contributed by atoms with E-state index in [1.54, 1.807) is 0 Å². The molecule has 41 heavy (non-hydrogen) atoms. The van der Waals surface area contributed by atoms with Crippen LogP contribution in [0.5, 0.6) is 0 Å². The molecule has 0 radical (unpaired) electrons. The molecule has 0 fully saturated rings. The maximum absolute atomic E-state index is 10.7. The number of rotatable bonds is 5. The van der Waals surface area contributed by atoms with Crippen molar-refractivity contribution in [1.29, 1.82) is 0 Å². The summed E-state index contributed by atoms with van der Waals surface area (Å²) in [4.78, 5) is 7.41. The summed E-state index contributed by atoms with van der Waals surface area (Å²) in [6.07, 6.45) is 0. The summed E-state index contributed by atoms with van der Waals surface area (Å²) in [6.45, 7) is 0. The molecule has 0 saturated heterocycles. The molecule has 0 aliphatic heterocycles. The van der Waals surface area contributed by atoms with Crippen molar-refractivity contribution in [3.05, 3.63) is 69.7 Å². The lowest BCUT2D eigenvalue weighted by molar-refractivity contribution is -0.385. The van der Waals surface area contributed by atoms with E-state index in [-0.39, 0.29) is 21.3 Å². The van der Waals surface area contributed by atoms with Gasteiger partial charge in [-0.3, -0.25) is 28.3 Å². The van der Waals surface area contributed by atoms with Crippen molar-refractivity contribution < 1.29 is 56.8 Å². The van der Waals surface area contributed by atoms with Gasteiger partial charge < -0.3 is 17.2 Å². The predicted octanol–water partition coefficient (Wildman–Crippen LogP) is 1.35. The zero-order chi connectivity index (χ0) is 32.1. The van der Waals surface area contributed by atoms with E-state index in [1.165, 1.54) is 12.1 Å². The monoisotopic (exact) mass is 678 g/mol. The van der Waals surface area contributed by atoms with E-state index in [1.807, 2.05) is 0 Å². The highest BCUT2D eigenvalue weighted by Gasteiger charge is 2.19. The third-order valence-corrected chi connectivity index (χ3v) is 8.19. The highest BCUT2D eigenvalue weighted by Crippen LogP contribution is 2.24.